The van der Waals surface area contributed by atoms with Crippen molar-refractivity contribution in [3.63, 3.8) is 0 Å². The van der Waals surface area contributed by atoms with Crippen molar-refractivity contribution in [3.05, 3.63) is 0 Å². The van der Waals surface area contributed by atoms with Crippen LogP contribution in [0.4, 0.5) is 0 Å². The first-order valence-corrected chi connectivity index (χ1v) is 5.52. The average molecular weight is 185 g/mol. The highest BCUT2D eigenvalue weighted by Gasteiger charge is 2.28. The van der Waals surface area contributed by atoms with Crippen molar-refractivity contribution >= 4 is 0 Å². The molecule has 1 rings (SSSR count). The normalized spacial score (nSPS) is 27.5. The minimum absolute atomic E-state index is 0.309. The average Bonchev–Trinajstić information content (AvgIpc) is 2.57. The van der Waals surface area contributed by atoms with Gasteiger partial charge in [-0.3, -0.25) is 0 Å². The van der Waals surface area contributed by atoms with Crippen molar-refractivity contribution in [1.29, 1.82) is 0 Å². The Hall–Kier alpha value is -0.0800. The first-order chi connectivity index (χ1) is 6.20. The molecule has 0 aromatic carbocycles. The zero-order valence-electron chi connectivity index (χ0n) is 9.01. The van der Waals surface area contributed by atoms with Crippen LogP contribution in [-0.4, -0.2) is 19.3 Å². The van der Waals surface area contributed by atoms with Crippen LogP contribution in [0, 0.1) is 5.41 Å². The molecule has 0 aliphatic carbocycles. The number of rotatable bonds is 5. The molecule has 2 unspecified atom stereocenters. The molecule has 0 aromatic heterocycles. The molecule has 0 amide bonds. The maximum absolute atomic E-state index is 5.82. The van der Waals surface area contributed by atoms with E-state index < -0.39 is 0 Å². The van der Waals surface area contributed by atoms with Gasteiger partial charge in [0.25, 0.3) is 0 Å². The second kappa shape index (κ2) is 4.97. The molecule has 1 aliphatic heterocycles. The summed E-state index contributed by atoms with van der Waals surface area (Å²) in [5.74, 6) is 0. The monoisotopic (exact) mass is 185 g/mol. The smallest absolute Gasteiger partial charge is 0.0581 e. The summed E-state index contributed by atoms with van der Waals surface area (Å²) in [6.45, 7) is 6.26. The van der Waals surface area contributed by atoms with E-state index in [1.807, 2.05) is 0 Å². The number of hydrogen-bond acceptors (Lipinski definition) is 2. The van der Waals surface area contributed by atoms with E-state index in [1.165, 1.54) is 25.7 Å². The van der Waals surface area contributed by atoms with E-state index in [0.717, 1.165) is 19.6 Å². The third-order valence-corrected chi connectivity index (χ3v) is 3.09. The van der Waals surface area contributed by atoms with Crippen LogP contribution in [0.25, 0.3) is 0 Å². The van der Waals surface area contributed by atoms with Crippen LogP contribution >= 0.6 is 0 Å². The molecule has 2 N–H and O–H groups in total. The third kappa shape index (κ3) is 3.28. The van der Waals surface area contributed by atoms with Gasteiger partial charge in [0, 0.05) is 6.61 Å². The molecule has 1 aliphatic rings. The second-order valence-corrected chi connectivity index (χ2v) is 4.60. The number of ether oxygens (including phenoxy) is 1. The topological polar surface area (TPSA) is 35.2 Å². The Morgan fingerprint density at radius 1 is 1.54 bits per heavy atom. The molecule has 0 saturated carbocycles. The highest BCUT2D eigenvalue weighted by molar-refractivity contribution is 4.80. The van der Waals surface area contributed by atoms with Gasteiger partial charge in [-0.15, -0.1) is 0 Å². The Labute approximate surface area is 81.8 Å². The van der Waals surface area contributed by atoms with Crippen molar-refractivity contribution in [2.75, 3.05) is 13.2 Å². The first kappa shape index (κ1) is 11.0. The standard InChI is InChI=1S/C11H23NO/c1-3-6-11(2,9-12)8-10-5-4-7-13-10/h10H,3-9,12H2,1-2H3. The van der Waals surface area contributed by atoms with Crippen molar-refractivity contribution in [2.24, 2.45) is 11.1 Å². The van der Waals surface area contributed by atoms with Gasteiger partial charge in [0.05, 0.1) is 6.10 Å². The lowest BCUT2D eigenvalue weighted by Crippen LogP contribution is -2.31. The molecular weight excluding hydrogens is 162 g/mol. The summed E-state index contributed by atoms with van der Waals surface area (Å²) in [5.41, 5.74) is 6.12. The van der Waals surface area contributed by atoms with Crippen LogP contribution in [0.2, 0.25) is 0 Å². The zero-order valence-corrected chi connectivity index (χ0v) is 9.01. The molecule has 0 aromatic rings. The van der Waals surface area contributed by atoms with Gasteiger partial charge in [0.1, 0.15) is 0 Å². The van der Waals surface area contributed by atoms with Crippen molar-refractivity contribution in [2.45, 2.75) is 52.1 Å². The fraction of sp³-hybridized carbons (Fsp3) is 1.00. The Morgan fingerprint density at radius 2 is 2.31 bits per heavy atom. The fourth-order valence-corrected chi connectivity index (χ4v) is 2.25. The van der Waals surface area contributed by atoms with E-state index in [1.54, 1.807) is 0 Å². The van der Waals surface area contributed by atoms with Gasteiger partial charge in [0.15, 0.2) is 0 Å². The summed E-state index contributed by atoms with van der Waals surface area (Å²) in [5, 5.41) is 0. The van der Waals surface area contributed by atoms with E-state index in [4.69, 9.17) is 10.5 Å². The van der Waals surface area contributed by atoms with Crippen LogP contribution < -0.4 is 5.73 Å². The van der Waals surface area contributed by atoms with E-state index in [0.29, 0.717) is 11.5 Å². The highest BCUT2D eigenvalue weighted by atomic mass is 16.5. The highest BCUT2D eigenvalue weighted by Crippen LogP contribution is 2.31. The van der Waals surface area contributed by atoms with Gasteiger partial charge in [-0.1, -0.05) is 20.3 Å². The van der Waals surface area contributed by atoms with Crippen LogP contribution in [0.15, 0.2) is 0 Å². The maximum atomic E-state index is 5.82. The summed E-state index contributed by atoms with van der Waals surface area (Å²) in [4.78, 5) is 0. The molecular formula is C11H23NO. The lowest BCUT2D eigenvalue weighted by Gasteiger charge is -2.30. The van der Waals surface area contributed by atoms with Gasteiger partial charge >= 0.3 is 0 Å². The number of nitrogens with two attached hydrogens (primary N) is 1. The maximum Gasteiger partial charge on any atom is 0.0581 e. The van der Waals surface area contributed by atoms with Gasteiger partial charge in [0.2, 0.25) is 0 Å². The molecule has 0 spiro atoms. The van der Waals surface area contributed by atoms with Crippen LogP contribution in [0.5, 0.6) is 0 Å². The van der Waals surface area contributed by atoms with Crippen molar-refractivity contribution in [1.82, 2.24) is 0 Å². The van der Waals surface area contributed by atoms with Crippen molar-refractivity contribution < 1.29 is 4.74 Å². The largest absolute Gasteiger partial charge is 0.378 e. The van der Waals surface area contributed by atoms with Crippen LogP contribution in [0.3, 0.4) is 0 Å². The SMILES string of the molecule is CCCC(C)(CN)CC1CCCO1. The lowest BCUT2D eigenvalue weighted by molar-refractivity contribution is 0.0654. The lowest BCUT2D eigenvalue weighted by atomic mass is 9.80. The van der Waals surface area contributed by atoms with Gasteiger partial charge in [-0.25, -0.2) is 0 Å². The zero-order chi connectivity index (χ0) is 9.73. The van der Waals surface area contributed by atoms with Crippen LogP contribution in [-0.2, 0) is 4.74 Å². The molecule has 78 valence electrons. The Morgan fingerprint density at radius 3 is 2.77 bits per heavy atom. The molecule has 0 radical (unpaired) electrons. The summed E-state index contributed by atoms with van der Waals surface area (Å²) >= 11 is 0. The minimum atomic E-state index is 0.309. The Kier molecular flexibility index (Phi) is 4.20. The van der Waals surface area contributed by atoms with Crippen molar-refractivity contribution in [3.8, 4) is 0 Å². The molecule has 0 bridgehead atoms. The van der Waals surface area contributed by atoms with E-state index >= 15 is 0 Å². The Bertz CT molecular complexity index is 143. The molecule has 1 saturated heterocycles. The Balaban J connectivity index is 2.36. The van der Waals surface area contributed by atoms with E-state index in [9.17, 15) is 0 Å². The molecule has 13 heavy (non-hydrogen) atoms. The van der Waals surface area contributed by atoms with E-state index in [2.05, 4.69) is 13.8 Å². The second-order valence-electron chi connectivity index (χ2n) is 4.60. The van der Waals surface area contributed by atoms with Crippen LogP contribution in [0.1, 0.15) is 46.0 Å². The van der Waals surface area contributed by atoms with E-state index in [-0.39, 0.29) is 0 Å². The molecule has 2 atom stereocenters. The van der Waals surface area contributed by atoms with Gasteiger partial charge < -0.3 is 10.5 Å². The minimum Gasteiger partial charge on any atom is -0.378 e. The predicted molar refractivity (Wildman–Crippen MR) is 55.7 cm³/mol. The predicted octanol–water partition coefficient (Wildman–Crippen LogP) is 2.32. The summed E-state index contributed by atoms with van der Waals surface area (Å²) in [6.07, 6.45) is 6.55. The van der Waals surface area contributed by atoms with Gasteiger partial charge in [-0.2, -0.15) is 0 Å². The number of hydrogen-bond donors (Lipinski definition) is 1. The third-order valence-electron chi connectivity index (χ3n) is 3.09. The summed E-state index contributed by atoms with van der Waals surface area (Å²) in [7, 11) is 0. The molecule has 2 heteroatoms. The molecule has 1 fully saturated rings. The molecule has 2 nitrogen and oxygen atoms in total. The summed E-state index contributed by atoms with van der Waals surface area (Å²) < 4.78 is 5.64. The first-order valence-electron chi connectivity index (χ1n) is 5.52. The quantitative estimate of drug-likeness (QED) is 0.713. The molecule has 1 heterocycles. The van der Waals surface area contributed by atoms with Gasteiger partial charge in [-0.05, 0) is 37.6 Å². The summed E-state index contributed by atoms with van der Waals surface area (Å²) in [6, 6.07) is 0. The fourth-order valence-electron chi connectivity index (χ4n) is 2.25.